The Morgan fingerprint density at radius 3 is 2.61 bits per heavy atom. The minimum Gasteiger partial charge on any atom is -0.383 e. The molecule has 2 heterocycles. The normalized spacial score (nSPS) is 17.8. The van der Waals surface area contributed by atoms with E-state index in [1.165, 1.54) is 6.26 Å². The summed E-state index contributed by atoms with van der Waals surface area (Å²) in [6.45, 7) is 2.53. The van der Waals surface area contributed by atoms with Crippen LogP contribution in [0.3, 0.4) is 0 Å². The van der Waals surface area contributed by atoms with Crippen molar-refractivity contribution in [1.29, 1.82) is 0 Å². The Kier molecular flexibility index (Phi) is 4.70. The molecular formula is C16H23N3O3S. The topological polar surface area (TPSA) is 64.4 Å². The van der Waals surface area contributed by atoms with Gasteiger partial charge in [-0.15, -0.1) is 0 Å². The quantitative estimate of drug-likeness (QED) is 0.835. The predicted molar refractivity (Wildman–Crippen MR) is 90.0 cm³/mol. The summed E-state index contributed by atoms with van der Waals surface area (Å²) in [5.74, 6) is 1.34. The molecule has 0 amide bonds. The average Bonchev–Trinajstić information content (AvgIpc) is 2.91. The highest BCUT2D eigenvalue weighted by molar-refractivity contribution is 7.88. The van der Waals surface area contributed by atoms with Gasteiger partial charge in [-0.05, 0) is 25.0 Å². The molecule has 0 unspecified atom stereocenters. The third kappa shape index (κ3) is 3.41. The van der Waals surface area contributed by atoms with Crippen molar-refractivity contribution < 1.29 is 13.2 Å². The molecule has 1 saturated heterocycles. The highest BCUT2D eigenvalue weighted by Crippen LogP contribution is 2.30. The number of sulfonamides is 1. The third-order valence-electron chi connectivity index (χ3n) is 4.49. The van der Waals surface area contributed by atoms with E-state index in [-0.39, 0.29) is 5.92 Å². The van der Waals surface area contributed by atoms with E-state index in [0.29, 0.717) is 19.7 Å². The molecule has 0 radical (unpaired) electrons. The van der Waals surface area contributed by atoms with E-state index in [4.69, 9.17) is 9.72 Å². The SMILES string of the molecule is COCCn1c(C2CCN(S(C)(=O)=O)CC2)nc2ccccc21. The van der Waals surface area contributed by atoms with Crippen molar-refractivity contribution >= 4 is 21.1 Å². The van der Waals surface area contributed by atoms with Crippen LogP contribution in [0.25, 0.3) is 11.0 Å². The van der Waals surface area contributed by atoms with Crippen molar-refractivity contribution in [2.24, 2.45) is 0 Å². The number of fused-ring (bicyclic) bond motifs is 1. The largest absolute Gasteiger partial charge is 0.383 e. The van der Waals surface area contributed by atoms with E-state index in [1.807, 2.05) is 18.2 Å². The highest BCUT2D eigenvalue weighted by Gasteiger charge is 2.28. The molecule has 0 atom stereocenters. The van der Waals surface area contributed by atoms with E-state index in [1.54, 1.807) is 11.4 Å². The number of aromatic nitrogens is 2. The van der Waals surface area contributed by atoms with Crippen LogP contribution in [0.15, 0.2) is 24.3 Å². The zero-order chi connectivity index (χ0) is 16.4. The van der Waals surface area contributed by atoms with E-state index in [9.17, 15) is 8.42 Å². The molecule has 23 heavy (non-hydrogen) atoms. The zero-order valence-corrected chi connectivity index (χ0v) is 14.4. The lowest BCUT2D eigenvalue weighted by Gasteiger charge is -2.30. The zero-order valence-electron chi connectivity index (χ0n) is 13.6. The number of piperidine rings is 1. The van der Waals surface area contributed by atoms with Gasteiger partial charge >= 0.3 is 0 Å². The first kappa shape index (κ1) is 16.4. The van der Waals surface area contributed by atoms with Crippen molar-refractivity contribution in [3.05, 3.63) is 30.1 Å². The maximum Gasteiger partial charge on any atom is 0.211 e. The maximum absolute atomic E-state index is 11.7. The fraction of sp³-hybridized carbons (Fsp3) is 0.562. The fourth-order valence-electron chi connectivity index (χ4n) is 3.27. The molecule has 0 saturated carbocycles. The van der Waals surface area contributed by atoms with Crippen LogP contribution in [-0.4, -0.2) is 55.3 Å². The second kappa shape index (κ2) is 6.59. The second-order valence-corrected chi connectivity index (χ2v) is 8.02. The number of hydrogen-bond donors (Lipinski definition) is 0. The molecule has 1 aliphatic rings. The molecule has 1 aliphatic heterocycles. The van der Waals surface area contributed by atoms with Gasteiger partial charge in [-0.25, -0.2) is 17.7 Å². The molecule has 1 aromatic carbocycles. The Morgan fingerprint density at radius 1 is 1.26 bits per heavy atom. The van der Waals surface area contributed by atoms with Crippen molar-refractivity contribution in [1.82, 2.24) is 13.9 Å². The van der Waals surface area contributed by atoms with Crippen molar-refractivity contribution in [2.75, 3.05) is 33.1 Å². The number of nitrogens with zero attached hydrogens (tertiary/aromatic N) is 3. The first-order chi connectivity index (χ1) is 11.0. The second-order valence-electron chi connectivity index (χ2n) is 6.04. The van der Waals surface area contributed by atoms with Gasteiger partial charge in [0.2, 0.25) is 10.0 Å². The van der Waals surface area contributed by atoms with E-state index in [2.05, 4.69) is 10.6 Å². The molecule has 6 nitrogen and oxygen atoms in total. The monoisotopic (exact) mass is 337 g/mol. The van der Waals surface area contributed by atoms with Crippen LogP contribution >= 0.6 is 0 Å². The van der Waals surface area contributed by atoms with Gasteiger partial charge < -0.3 is 9.30 Å². The molecular weight excluding hydrogens is 314 g/mol. The summed E-state index contributed by atoms with van der Waals surface area (Å²) in [5, 5.41) is 0. The van der Waals surface area contributed by atoms with Crippen LogP contribution < -0.4 is 0 Å². The first-order valence-electron chi connectivity index (χ1n) is 7.90. The Bertz CT molecular complexity index is 777. The summed E-state index contributed by atoms with van der Waals surface area (Å²) in [7, 11) is -1.40. The lowest BCUT2D eigenvalue weighted by molar-refractivity contribution is 0.186. The molecule has 0 N–H and O–H groups in total. The summed E-state index contributed by atoms with van der Waals surface area (Å²) >= 11 is 0. The highest BCUT2D eigenvalue weighted by atomic mass is 32.2. The summed E-state index contributed by atoms with van der Waals surface area (Å²) < 4.78 is 32.3. The first-order valence-corrected chi connectivity index (χ1v) is 9.75. The maximum atomic E-state index is 11.7. The van der Waals surface area contributed by atoms with E-state index < -0.39 is 10.0 Å². The third-order valence-corrected chi connectivity index (χ3v) is 5.79. The molecule has 2 aromatic rings. The average molecular weight is 337 g/mol. The number of methoxy groups -OCH3 is 1. The number of benzene rings is 1. The Labute approximate surface area is 137 Å². The lowest BCUT2D eigenvalue weighted by Crippen LogP contribution is -2.37. The van der Waals surface area contributed by atoms with E-state index in [0.717, 1.165) is 36.2 Å². The van der Waals surface area contributed by atoms with Crippen LogP contribution in [-0.2, 0) is 21.3 Å². The molecule has 0 aliphatic carbocycles. The molecule has 7 heteroatoms. The fourth-order valence-corrected chi connectivity index (χ4v) is 4.14. The predicted octanol–water partition coefficient (Wildman–Crippen LogP) is 1.82. The van der Waals surface area contributed by atoms with Crippen LogP contribution in [0, 0.1) is 0 Å². The number of hydrogen-bond acceptors (Lipinski definition) is 4. The van der Waals surface area contributed by atoms with Crippen LogP contribution in [0.5, 0.6) is 0 Å². The smallest absolute Gasteiger partial charge is 0.211 e. The Hall–Kier alpha value is -1.44. The van der Waals surface area contributed by atoms with Crippen LogP contribution in [0.4, 0.5) is 0 Å². The van der Waals surface area contributed by atoms with Crippen LogP contribution in [0.1, 0.15) is 24.6 Å². The lowest BCUT2D eigenvalue weighted by atomic mass is 9.97. The number of rotatable bonds is 5. The minimum absolute atomic E-state index is 0.289. The molecule has 0 bridgehead atoms. The minimum atomic E-state index is -3.09. The molecule has 3 rings (SSSR count). The van der Waals surface area contributed by atoms with Gasteiger partial charge in [-0.1, -0.05) is 12.1 Å². The van der Waals surface area contributed by atoms with Crippen molar-refractivity contribution in [3.8, 4) is 0 Å². The Morgan fingerprint density at radius 2 is 1.96 bits per heavy atom. The van der Waals surface area contributed by atoms with Crippen LogP contribution in [0.2, 0.25) is 0 Å². The molecule has 1 aromatic heterocycles. The summed E-state index contributed by atoms with van der Waals surface area (Å²) in [6.07, 6.45) is 2.90. The van der Waals surface area contributed by atoms with Gasteiger partial charge in [0.05, 0.1) is 23.9 Å². The van der Waals surface area contributed by atoms with Crippen molar-refractivity contribution in [2.45, 2.75) is 25.3 Å². The summed E-state index contributed by atoms with van der Waals surface area (Å²) in [4.78, 5) is 4.82. The number of imidazole rings is 1. The molecule has 126 valence electrons. The van der Waals surface area contributed by atoms with Gasteiger partial charge in [0.25, 0.3) is 0 Å². The molecule has 0 spiro atoms. The van der Waals surface area contributed by atoms with Gasteiger partial charge in [-0.3, -0.25) is 0 Å². The molecule has 1 fully saturated rings. The van der Waals surface area contributed by atoms with E-state index >= 15 is 0 Å². The standard InChI is InChI=1S/C16H23N3O3S/c1-22-12-11-19-15-6-4-3-5-14(15)17-16(19)13-7-9-18(10-8-13)23(2,20)21/h3-6,13H,7-12H2,1-2H3. The number of ether oxygens (including phenoxy) is 1. The Balaban J connectivity index is 1.88. The van der Waals surface area contributed by atoms with Gasteiger partial charge in [0.15, 0.2) is 0 Å². The van der Waals surface area contributed by atoms with Crippen molar-refractivity contribution in [3.63, 3.8) is 0 Å². The van der Waals surface area contributed by atoms with Gasteiger partial charge in [-0.2, -0.15) is 0 Å². The summed E-state index contributed by atoms with van der Waals surface area (Å²) in [5.41, 5.74) is 2.11. The summed E-state index contributed by atoms with van der Waals surface area (Å²) in [6, 6.07) is 8.11. The van der Waals surface area contributed by atoms with Gasteiger partial charge in [0, 0.05) is 32.7 Å². The van der Waals surface area contributed by atoms with Gasteiger partial charge in [0.1, 0.15) is 5.82 Å². The number of para-hydroxylation sites is 2.